The zero-order valence-electron chi connectivity index (χ0n) is 16.2. The number of benzene rings is 1. The van der Waals surface area contributed by atoms with Crippen LogP contribution in [-0.4, -0.2) is 42.6 Å². The Morgan fingerprint density at radius 3 is 2.67 bits per heavy atom. The largest absolute Gasteiger partial charge is 0.357 e. The highest BCUT2D eigenvalue weighted by atomic mass is 19.1. The fraction of sp³-hybridized carbons (Fsp3) is 0.619. The van der Waals surface area contributed by atoms with Crippen molar-refractivity contribution >= 4 is 5.96 Å². The Labute approximate surface area is 161 Å². The van der Waals surface area contributed by atoms with Gasteiger partial charge in [-0.25, -0.2) is 9.38 Å². The summed E-state index contributed by atoms with van der Waals surface area (Å²) in [6.07, 6.45) is 7.69. The molecule has 1 saturated carbocycles. The van der Waals surface area contributed by atoms with Crippen molar-refractivity contribution in [2.24, 2.45) is 4.99 Å². The van der Waals surface area contributed by atoms with Gasteiger partial charge in [0.15, 0.2) is 5.96 Å². The van der Waals surface area contributed by atoms with Gasteiger partial charge in [-0.1, -0.05) is 12.8 Å². The smallest absolute Gasteiger partial charge is 0.191 e. The van der Waals surface area contributed by atoms with Gasteiger partial charge in [0.25, 0.3) is 0 Å². The molecule has 27 heavy (non-hydrogen) atoms. The van der Waals surface area contributed by atoms with Crippen LogP contribution in [0, 0.1) is 17.1 Å². The second-order valence-electron chi connectivity index (χ2n) is 7.51. The van der Waals surface area contributed by atoms with Gasteiger partial charge in [-0.15, -0.1) is 0 Å². The highest BCUT2D eigenvalue weighted by Crippen LogP contribution is 2.26. The predicted octanol–water partition coefficient (Wildman–Crippen LogP) is 3.16. The van der Waals surface area contributed by atoms with E-state index in [1.165, 1.54) is 37.8 Å². The summed E-state index contributed by atoms with van der Waals surface area (Å²) in [7, 11) is 0. The highest BCUT2D eigenvalue weighted by Gasteiger charge is 2.27. The van der Waals surface area contributed by atoms with Crippen molar-refractivity contribution in [3.05, 3.63) is 35.1 Å². The molecule has 146 valence electrons. The molecule has 0 spiro atoms. The van der Waals surface area contributed by atoms with Crippen LogP contribution in [0.4, 0.5) is 4.39 Å². The van der Waals surface area contributed by atoms with E-state index in [-0.39, 0.29) is 12.4 Å². The number of nitriles is 1. The summed E-state index contributed by atoms with van der Waals surface area (Å²) in [6, 6.07) is 7.64. The standard InChI is InChI=1S/C21H30FN5/c1-2-24-21(25-15-17-13-16(14-23)7-8-20(17)22)26-18-9-11-27(12-10-18)19-5-3-4-6-19/h7-8,13,18-19H,2-6,9-12,15H2,1H3,(H2,24,25,26). The molecule has 0 aromatic heterocycles. The molecule has 1 aromatic rings. The van der Waals surface area contributed by atoms with E-state index in [0.29, 0.717) is 17.2 Å². The summed E-state index contributed by atoms with van der Waals surface area (Å²) in [5, 5.41) is 15.8. The lowest BCUT2D eigenvalue weighted by atomic mass is 10.0. The average Bonchev–Trinajstić information content (AvgIpc) is 3.23. The molecule has 0 amide bonds. The van der Waals surface area contributed by atoms with Crippen LogP contribution in [0.25, 0.3) is 0 Å². The zero-order valence-corrected chi connectivity index (χ0v) is 16.2. The quantitative estimate of drug-likeness (QED) is 0.616. The first-order valence-corrected chi connectivity index (χ1v) is 10.2. The van der Waals surface area contributed by atoms with Gasteiger partial charge in [0, 0.05) is 37.3 Å². The SMILES string of the molecule is CCNC(=NCc1cc(C#N)ccc1F)NC1CCN(C2CCCC2)CC1. The van der Waals surface area contributed by atoms with Crippen molar-refractivity contribution in [3.8, 4) is 6.07 Å². The summed E-state index contributed by atoms with van der Waals surface area (Å²) >= 11 is 0. The van der Waals surface area contributed by atoms with E-state index >= 15 is 0 Å². The fourth-order valence-electron chi connectivity index (χ4n) is 4.12. The number of aliphatic imine (C=N–C) groups is 1. The highest BCUT2D eigenvalue weighted by molar-refractivity contribution is 5.80. The number of nitrogens with one attached hydrogen (secondary N) is 2. The first kappa shape index (κ1) is 19.6. The zero-order chi connectivity index (χ0) is 19.1. The summed E-state index contributed by atoms with van der Waals surface area (Å²) in [4.78, 5) is 7.19. The molecular weight excluding hydrogens is 341 g/mol. The lowest BCUT2D eigenvalue weighted by Gasteiger charge is -2.36. The van der Waals surface area contributed by atoms with Gasteiger partial charge in [-0.2, -0.15) is 5.26 Å². The molecule has 1 heterocycles. The Bertz CT molecular complexity index is 682. The van der Waals surface area contributed by atoms with Gasteiger partial charge in [-0.3, -0.25) is 0 Å². The summed E-state index contributed by atoms with van der Waals surface area (Å²) < 4.78 is 14.0. The van der Waals surface area contributed by atoms with Gasteiger partial charge in [-0.05, 0) is 50.8 Å². The molecule has 0 radical (unpaired) electrons. The number of hydrogen-bond donors (Lipinski definition) is 2. The number of nitrogens with zero attached hydrogens (tertiary/aromatic N) is 3. The van der Waals surface area contributed by atoms with Crippen molar-refractivity contribution in [2.75, 3.05) is 19.6 Å². The normalized spacial score (nSPS) is 19.8. The Balaban J connectivity index is 1.56. The van der Waals surface area contributed by atoms with Crippen molar-refractivity contribution in [3.63, 3.8) is 0 Å². The maximum atomic E-state index is 14.0. The van der Waals surface area contributed by atoms with Crippen LogP contribution >= 0.6 is 0 Å². The van der Waals surface area contributed by atoms with Gasteiger partial charge >= 0.3 is 0 Å². The van der Waals surface area contributed by atoms with Crippen molar-refractivity contribution in [1.29, 1.82) is 5.26 Å². The van der Waals surface area contributed by atoms with Crippen LogP contribution in [-0.2, 0) is 6.54 Å². The third-order valence-corrected chi connectivity index (χ3v) is 5.64. The molecule has 5 nitrogen and oxygen atoms in total. The molecule has 6 heteroatoms. The average molecular weight is 372 g/mol. The van der Waals surface area contributed by atoms with Crippen molar-refractivity contribution < 1.29 is 4.39 Å². The number of halogens is 1. The number of rotatable bonds is 5. The molecular formula is C21H30FN5. The van der Waals surface area contributed by atoms with Gasteiger partial charge in [0.05, 0.1) is 18.2 Å². The first-order chi connectivity index (χ1) is 13.2. The second kappa shape index (κ2) is 9.70. The lowest BCUT2D eigenvalue weighted by Crippen LogP contribution is -2.50. The summed E-state index contributed by atoms with van der Waals surface area (Å²) in [5.74, 6) is 0.400. The second-order valence-corrected chi connectivity index (χ2v) is 7.51. The topological polar surface area (TPSA) is 63.5 Å². The third-order valence-electron chi connectivity index (χ3n) is 5.64. The monoisotopic (exact) mass is 371 g/mol. The van der Waals surface area contributed by atoms with E-state index < -0.39 is 0 Å². The molecule has 0 bridgehead atoms. The van der Waals surface area contributed by atoms with Crippen molar-refractivity contribution in [1.82, 2.24) is 15.5 Å². The van der Waals surface area contributed by atoms with Gasteiger partial charge < -0.3 is 15.5 Å². The van der Waals surface area contributed by atoms with Gasteiger partial charge in [0.1, 0.15) is 5.82 Å². The van der Waals surface area contributed by atoms with Crippen LogP contribution in [0.15, 0.2) is 23.2 Å². The number of hydrogen-bond acceptors (Lipinski definition) is 3. The first-order valence-electron chi connectivity index (χ1n) is 10.2. The van der Waals surface area contributed by atoms with E-state index in [1.807, 2.05) is 13.0 Å². The maximum Gasteiger partial charge on any atom is 0.191 e. The van der Waals surface area contributed by atoms with E-state index in [4.69, 9.17) is 5.26 Å². The summed E-state index contributed by atoms with van der Waals surface area (Å²) in [5.41, 5.74) is 0.904. The molecule has 0 atom stereocenters. The minimum Gasteiger partial charge on any atom is -0.357 e. The van der Waals surface area contributed by atoms with Crippen LogP contribution in [0.3, 0.4) is 0 Å². The third kappa shape index (κ3) is 5.43. The van der Waals surface area contributed by atoms with Crippen LogP contribution in [0.5, 0.6) is 0 Å². The Morgan fingerprint density at radius 2 is 2.00 bits per heavy atom. The molecule has 2 N–H and O–H groups in total. The van der Waals surface area contributed by atoms with E-state index in [1.54, 1.807) is 6.07 Å². The molecule has 2 aliphatic rings. The van der Waals surface area contributed by atoms with E-state index in [9.17, 15) is 4.39 Å². The van der Waals surface area contributed by atoms with Crippen LogP contribution in [0.1, 0.15) is 56.6 Å². The predicted molar refractivity (Wildman–Crippen MR) is 106 cm³/mol. The van der Waals surface area contributed by atoms with Crippen LogP contribution in [0.2, 0.25) is 0 Å². The molecule has 1 aromatic carbocycles. The molecule has 1 aliphatic carbocycles. The fourth-order valence-corrected chi connectivity index (χ4v) is 4.12. The van der Waals surface area contributed by atoms with Crippen molar-refractivity contribution in [2.45, 2.75) is 64.1 Å². The minimum atomic E-state index is -0.321. The summed E-state index contributed by atoms with van der Waals surface area (Å²) in [6.45, 7) is 5.28. The number of guanidine groups is 1. The Morgan fingerprint density at radius 1 is 1.26 bits per heavy atom. The molecule has 3 rings (SSSR count). The van der Waals surface area contributed by atoms with E-state index in [0.717, 1.165) is 44.5 Å². The van der Waals surface area contributed by atoms with Gasteiger partial charge in [0.2, 0.25) is 0 Å². The Kier molecular flexibility index (Phi) is 7.05. The Hall–Kier alpha value is -2.13. The lowest BCUT2D eigenvalue weighted by molar-refractivity contribution is 0.150. The molecule has 2 fully saturated rings. The number of likely N-dealkylation sites (tertiary alicyclic amines) is 1. The van der Waals surface area contributed by atoms with Crippen LogP contribution < -0.4 is 10.6 Å². The molecule has 0 unspecified atom stereocenters. The molecule has 1 aliphatic heterocycles. The number of piperidine rings is 1. The van der Waals surface area contributed by atoms with E-state index in [2.05, 4.69) is 20.5 Å². The maximum absolute atomic E-state index is 14.0. The minimum absolute atomic E-state index is 0.220. The molecule has 1 saturated heterocycles.